The summed E-state index contributed by atoms with van der Waals surface area (Å²) in [5.41, 5.74) is -0.667. The number of hydrogen-bond donors (Lipinski definition) is 1. The molecule has 0 aromatic carbocycles. The van der Waals surface area contributed by atoms with Crippen LogP contribution < -0.4 is 10.5 Å². The van der Waals surface area contributed by atoms with Crippen LogP contribution in [0.2, 0.25) is 0 Å². The summed E-state index contributed by atoms with van der Waals surface area (Å²) >= 11 is 0. The molecule has 0 saturated carbocycles. The van der Waals surface area contributed by atoms with Crippen LogP contribution in [0.15, 0.2) is 17.2 Å². The molecule has 5 nitrogen and oxygen atoms in total. The summed E-state index contributed by atoms with van der Waals surface area (Å²) in [5.74, 6) is 0.508. The molecule has 2 rings (SSSR count). The van der Waals surface area contributed by atoms with E-state index in [1.54, 1.807) is 17.0 Å². The lowest BCUT2D eigenvalue weighted by Gasteiger charge is -2.23. The maximum Gasteiger partial charge on any atom is 0.293 e. The highest BCUT2D eigenvalue weighted by Gasteiger charge is 2.26. The van der Waals surface area contributed by atoms with E-state index in [2.05, 4.69) is 4.98 Å². The summed E-state index contributed by atoms with van der Waals surface area (Å²) in [7, 11) is 0. The normalized spacial score (nSPS) is 24.6. The molecule has 1 aliphatic rings. The summed E-state index contributed by atoms with van der Waals surface area (Å²) in [6, 6.07) is 0.129. The Kier molecular flexibility index (Phi) is 3.94. The maximum absolute atomic E-state index is 12.4. The predicted octanol–water partition coefficient (Wildman–Crippen LogP) is 1.57. The number of nitrogens with zero attached hydrogens (tertiary/aromatic N) is 3. The summed E-state index contributed by atoms with van der Waals surface area (Å²) in [4.78, 5) is 18.6. The van der Waals surface area contributed by atoms with Crippen LogP contribution in [-0.4, -0.2) is 33.3 Å². The third kappa shape index (κ3) is 3.15. The molecule has 1 N–H and O–H groups in total. The fraction of sp³-hybridized carbons (Fsp3) is 0.714. The van der Waals surface area contributed by atoms with Crippen molar-refractivity contribution in [2.45, 2.75) is 51.7 Å². The van der Waals surface area contributed by atoms with Gasteiger partial charge in [0.15, 0.2) is 5.82 Å². The number of aliphatic hydroxyl groups is 1. The SMILES string of the molecule is CC(C)n1ccnc(N2CCCC(C)(O)CC2)c1=O. The monoisotopic (exact) mass is 265 g/mol. The first-order chi connectivity index (χ1) is 8.91. The summed E-state index contributed by atoms with van der Waals surface area (Å²) in [6.45, 7) is 7.29. The number of rotatable bonds is 2. The van der Waals surface area contributed by atoms with E-state index < -0.39 is 5.60 Å². The molecule has 1 unspecified atom stereocenters. The third-order valence-electron chi connectivity index (χ3n) is 3.77. The average molecular weight is 265 g/mol. The first kappa shape index (κ1) is 14.1. The highest BCUT2D eigenvalue weighted by atomic mass is 16.3. The van der Waals surface area contributed by atoms with Gasteiger partial charge in [0, 0.05) is 31.5 Å². The standard InChI is InChI=1S/C14H23N3O2/c1-11(2)17-10-7-15-12(13(17)18)16-8-4-5-14(3,19)6-9-16/h7,10-11,19H,4-6,8-9H2,1-3H3. The van der Waals surface area contributed by atoms with Crippen LogP contribution in [0.5, 0.6) is 0 Å². The molecule has 2 heterocycles. The van der Waals surface area contributed by atoms with Crippen molar-refractivity contribution in [3.63, 3.8) is 0 Å². The first-order valence-corrected chi connectivity index (χ1v) is 6.95. The van der Waals surface area contributed by atoms with E-state index in [4.69, 9.17) is 0 Å². The van der Waals surface area contributed by atoms with E-state index >= 15 is 0 Å². The molecular formula is C14H23N3O2. The Morgan fingerprint density at radius 3 is 2.79 bits per heavy atom. The molecule has 5 heteroatoms. The minimum atomic E-state index is -0.624. The lowest BCUT2D eigenvalue weighted by molar-refractivity contribution is 0.0481. The van der Waals surface area contributed by atoms with Gasteiger partial charge in [0.2, 0.25) is 0 Å². The molecule has 1 aromatic heterocycles. The first-order valence-electron chi connectivity index (χ1n) is 6.95. The summed E-state index contributed by atoms with van der Waals surface area (Å²) < 4.78 is 1.70. The van der Waals surface area contributed by atoms with Gasteiger partial charge in [-0.3, -0.25) is 4.79 Å². The van der Waals surface area contributed by atoms with Crippen LogP contribution in [0.3, 0.4) is 0 Å². The van der Waals surface area contributed by atoms with Gasteiger partial charge < -0.3 is 14.6 Å². The molecule has 106 valence electrons. The fourth-order valence-corrected chi connectivity index (χ4v) is 2.51. The quantitative estimate of drug-likeness (QED) is 0.881. The van der Waals surface area contributed by atoms with Crippen molar-refractivity contribution in [3.8, 4) is 0 Å². The topological polar surface area (TPSA) is 58.4 Å². The van der Waals surface area contributed by atoms with Gasteiger partial charge in [0.05, 0.1) is 5.60 Å². The van der Waals surface area contributed by atoms with E-state index in [9.17, 15) is 9.90 Å². The van der Waals surface area contributed by atoms with Crippen LogP contribution >= 0.6 is 0 Å². The van der Waals surface area contributed by atoms with Crippen molar-refractivity contribution in [2.75, 3.05) is 18.0 Å². The van der Waals surface area contributed by atoms with Crippen molar-refractivity contribution in [1.29, 1.82) is 0 Å². The summed E-state index contributed by atoms with van der Waals surface area (Å²) in [6.07, 6.45) is 5.73. The van der Waals surface area contributed by atoms with Crippen LogP contribution in [-0.2, 0) is 0 Å². The Bertz CT molecular complexity index is 494. The van der Waals surface area contributed by atoms with Gasteiger partial charge in [-0.2, -0.15) is 0 Å². The molecule has 0 bridgehead atoms. The zero-order chi connectivity index (χ0) is 14.0. The van der Waals surface area contributed by atoms with Gasteiger partial charge in [0.25, 0.3) is 5.56 Å². The van der Waals surface area contributed by atoms with Crippen LogP contribution in [0.4, 0.5) is 5.82 Å². The van der Waals surface area contributed by atoms with Gasteiger partial charge in [-0.1, -0.05) is 0 Å². The Labute approximate surface area is 113 Å². The van der Waals surface area contributed by atoms with Crippen molar-refractivity contribution in [1.82, 2.24) is 9.55 Å². The van der Waals surface area contributed by atoms with Crippen molar-refractivity contribution >= 4 is 5.82 Å². The van der Waals surface area contributed by atoms with Crippen molar-refractivity contribution in [3.05, 3.63) is 22.7 Å². The molecule has 1 saturated heterocycles. The smallest absolute Gasteiger partial charge is 0.293 e. The number of hydrogen-bond acceptors (Lipinski definition) is 4. The van der Waals surface area contributed by atoms with Crippen molar-refractivity contribution < 1.29 is 5.11 Å². The molecule has 19 heavy (non-hydrogen) atoms. The Morgan fingerprint density at radius 1 is 1.37 bits per heavy atom. The molecule has 1 aromatic rings. The van der Waals surface area contributed by atoms with E-state index in [0.717, 1.165) is 19.4 Å². The molecule has 1 atom stereocenters. The number of anilines is 1. The second-order valence-electron chi connectivity index (χ2n) is 5.89. The Balaban J connectivity index is 2.27. The van der Waals surface area contributed by atoms with E-state index in [1.807, 2.05) is 25.7 Å². The fourth-order valence-electron chi connectivity index (χ4n) is 2.51. The van der Waals surface area contributed by atoms with Crippen LogP contribution in [0.25, 0.3) is 0 Å². The zero-order valence-electron chi connectivity index (χ0n) is 12.0. The van der Waals surface area contributed by atoms with Gasteiger partial charge >= 0.3 is 0 Å². The lowest BCUT2D eigenvalue weighted by atomic mass is 9.98. The summed E-state index contributed by atoms with van der Waals surface area (Å²) in [5, 5.41) is 10.1. The predicted molar refractivity (Wildman–Crippen MR) is 75.6 cm³/mol. The maximum atomic E-state index is 12.4. The van der Waals surface area contributed by atoms with Gasteiger partial charge in [-0.05, 0) is 40.0 Å². The molecule has 1 fully saturated rings. The molecule has 0 radical (unpaired) electrons. The van der Waals surface area contributed by atoms with Gasteiger partial charge in [0.1, 0.15) is 0 Å². The second kappa shape index (κ2) is 5.33. The molecule has 0 amide bonds. The molecule has 0 aliphatic carbocycles. The highest BCUT2D eigenvalue weighted by Crippen LogP contribution is 2.22. The van der Waals surface area contributed by atoms with Crippen LogP contribution in [0.1, 0.15) is 46.1 Å². The van der Waals surface area contributed by atoms with Crippen molar-refractivity contribution in [2.24, 2.45) is 0 Å². The highest BCUT2D eigenvalue weighted by molar-refractivity contribution is 5.36. The molecule has 1 aliphatic heterocycles. The average Bonchev–Trinajstić information content (AvgIpc) is 2.50. The minimum absolute atomic E-state index is 0.0426. The Hall–Kier alpha value is -1.36. The van der Waals surface area contributed by atoms with E-state index in [1.165, 1.54) is 0 Å². The molecular weight excluding hydrogens is 242 g/mol. The van der Waals surface area contributed by atoms with Crippen LogP contribution in [0, 0.1) is 0 Å². The van der Waals surface area contributed by atoms with Gasteiger partial charge in [-0.25, -0.2) is 4.98 Å². The zero-order valence-corrected chi connectivity index (χ0v) is 12.0. The van der Waals surface area contributed by atoms with E-state index in [0.29, 0.717) is 18.8 Å². The van der Waals surface area contributed by atoms with E-state index in [-0.39, 0.29) is 11.6 Å². The second-order valence-corrected chi connectivity index (χ2v) is 5.89. The number of aromatic nitrogens is 2. The minimum Gasteiger partial charge on any atom is -0.390 e. The molecule has 0 spiro atoms. The lowest BCUT2D eigenvalue weighted by Crippen LogP contribution is -2.35. The van der Waals surface area contributed by atoms with Gasteiger partial charge in [-0.15, -0.1) is 0 Å². The third-order valence-corrected chi connectivity index (χ3v) is 3.77. The Morgan fingerprint density at radius 2 is 2.11 bits per heavy atom. The largest absolute Gasteiger partial charge is 0.390 e.